The molecule has 7 heteroatoms. The Hall–Kier alpha value is -2.41. The highest BCUT2D eigenvalue weighted by Gasteiger charge is 2.14. The molecular formula is C21H27N5OS. The molecule has 1 N–H and O–H groups in total. The van der Waals surface area contributed by atoms with Crippen molar-refractivity contribution < 1.29 is 4.79 Å². The van der Waals surface area contributed by atoms with Crippen molar-refractivity contribution in [1.82, 2.24) is 19.6 Å². The van der Waals surface area contributed by atoms with Crippen molar-refractivity contribution in [2.24, 2.45) is 0 Å². The highest BCUT2D eigenvalue weighted by atomic mass is 32.2. The second-order valence-electron chi connectivity index (χ2n) is 6.82. The number of carbonyl (C=O) groups is 1. The number of hydrogen-bond acceptors (Lipinski definition) is 5. The van der Waals surface area contributed by atoms with E-state index in [1.165, 1.54) is 17.3 Å². The predicted octanol–water partition coefficient (Wildman–Crippen LogP) is 4.38. The number of amides is 1. The zero-order valence-corrected chi connectivity index (χ0v) is 17.8. The van der Waals surface area contributed by atoms with Crippen molar-refractivity contribution in [2.75, 3.05) is 11.1 Å². The summed E-state index contributed by atoms with van der Waals surface area (Å²) in [6.45, 7) is 8.35. The molecular weight excluding hydrogens is 370 g/mol. The van der Waals surface area contributed by atoms with E-state index in [-0.39, 0.29) is 11.7 Å². The van der Waals surface area contributed by atoms with Crippen LogP contribution < -0.4 is 5.32 Å². The van der Waals surface area contributed by atoms with Crippen molar-refractivity contribution in [3.8, 4) is 0 Å². The number of para-hydroxylation sites is 1. The van der Waals surface area contributed by atoms with Crippen LogP contribution in [-0.2, 0) is 17.6 Å². The molecule has 28 heavy (non-hydrogen) atoms. The molecule has 0 radical (unpaired) electrons. The number of rotatable bonds is 8. The van der Waals surface area contributed by atoms with Gasteiger partial charge < -0.3 is 5.32 Å². The lowest BCUT2D eigenvalue weighted by Gasteiger charge is -2.09. The fourth-order valence-electron chi connectivity index (χ4n) is 3.23. The van der Waals surface area contributed by atoms with E-state index < -0.39 is 0 Å². The molecule has 0 saturated heterocycles. The van der Waals surface area contributed by atoms with Gasteiger partial charge in [-0.2, -0.15) is 4.98 Å². The molecule has 3 aromatic rings. The highest BCUT2D eigenvalue weighted by molar-refractivity contribution is 7.99. The summed E-state index contributed by atoms with van der Waals surface area (Å²) >= 11 is 1.33. The molecule has 0 aliphatic rings. The number of aryl methyl sites for hydroxylation is 3. The number of hydrogen-bond donors (Lipinski definition) is 1. The quantitative estimate of drug-likeness (QED) is 0.571. The maximum absolute atomic E-state index is 12.4. The van der Waals surface area contributed by atoms with Crippen LogP contribution in [0.1, 0.15) is 49.2 Å². The van der Waals surface area contributed by atoms with Crippen molar-refractivity contribution in [2.45, 2.75) is 58.5 Å². The molecule has 0 unspecified atom stereocenters. The molecule has 0 aliphatic carbocycles. The first-order valence-electron chi connectivity index (χ1n) is 9.76. The smallest absolute Gasteiger partial charge is 0.253 e. The maximum atomic E-state index is 12.4. The van der Waals surface area contributed by atoms with Crippen molar-refractivity contribution in [3.63, 3.8) is 0 Å². The SMILES string of the molecule is CCCCc1c(C)nc2nc(SCC(=O)Nc3ccccc3CC)nn2c1C. The number of aromatic nitrogens is 4. The summed E-state index contributed by atoms with van der Waals surface area (Å²) in [5, 5.41) is 8.11. The first kappa shape index (κ1) is 20.3. The van der Waals surface area contributed by atoms with E-state index in [4.69, 9.17) is 0 Å². The van der Waals surface area contributed by atoms with E-state index in [1.54, 1.807) is 4.52 Å². The first-order valence-corrected chi connectivity index (χ1v) is 10.7. The predicted molar refractivity (Wildman–Crippen MR) is 114 cm³/mol. The van der Waals surface area contributed by atoms with Crippen molar-refractivity contribution in [3.05, 3.63) is 46.8 Å². The lowest BCUT2D eigenvalue weighted by atomic mass is 10.1. The summed E-state index contributed by atoms with van der Waals surface area (Å²) in [5.74, 6) is 0.791. The molecule has 2 heterocycles. The zero-order chi connectivity index (χ0) is 20.1. The minimum Gasteiger partial charge on any atom is -0.325 e. The van der Waals surface area contributed by atoms with Gasteiger partial charge in [-0.3, -0.25) is 4.79 Å². The Kier molecular flexibility index (Phi) is 6.67. The molecule has 2 aromatic heterocycles. The van der Waals surface area contributed by atoms with Crippen LogP contribution in [0.3, 0.4) is 0 Å². The van der Waals surface area contributed by atoms with Gasteiger partial charge in [0.25, 0.3) is 5.78 Å². The van der Waals surface area contributed by atoms with Gasteiger partial charge in [0, 0.05) is 17.1 Å². The van der Waals surface area contributed by atoms with Crippen LogP contribution in [-0.4, -0.2) is 31.2 Å². The topological polar surface area (TPSA) is 72.2 Å². The standard InChI is InChI=1S/C21H27N5OS/c1-5-7-11-17-14(3)22-20-24-21(25-26(20)15(17)4)28-13-19(27)23-18-12-9-8-10-16(18)6-2/h8-10,12H,5-7,11,13H2,1-4H3,(H,23,27). The molecule has 1 aromatic carbocycles. The number of nitrogens with zero attached hydrogens (tertiary/aromatic N) is 4. The lowest BCUT2D eigenvalue weighted by Crippen LogP contribution is -2.15. The van der Waals surface area contributed by atoms with E-state index in [9.17, 15) is 4.79 Å². The highest BCUT2D eigenvalue weighted by Crippen LogP contribution is 2.21. The van der Waals surface area contributed by atoms with E-state index in [1.807, 2.05) is 31.2 Å². The molecule has 6 nitrogen and oxygen atoms in total. The third kappa shape index (κ3) is 4.52. The molecule has 3 rings (SSSR count). The third-order valence-electron chi connectivity index (χ3n) is 4.81. The Morgan fingerprint density at radius 2 is 1.96 bits per heavy atom. The number of unbranched alkanes of at least 4 members (excludes halogenated alkanes) is 1. The van der Waals surface area contributed by atoms with Gasteiger partial charge in [0.2, 0.25) is 11.1 Å². The third-order valence-corrected chi connectivity index (χ3v) is 5.65. The average molecular weight is 398 g/mol. The summed E-state index contributed by atoms with van der Waals surface area (Å²) in [4.78, 5) is 21.4. The Morgan fingerprint density at radius 1 is 1.18 bits per heavy atom. The van der Waals surface area contributed by atoms with Crippen LogP contribution in [0.15, 0.2) is 29.4 Å². The second kappa shape index (κ2) is 9.19. The van der Waals surface area contributed by atoms with Gasteiger partial charge in [-0.25, -0.2) is 9.50 Å². The summed E-state index contributed by atoms with van der Waals surface area (Å²) in [5.41, 5.74) is 5.33. The van der Waals surface area contributed by atoms with Gasteiger partial charge >= 0.3 is 0 Å². The minimum absolute atomic E-state index is 0.0609. The van der Waals surface area contributed by atoms with Crippen LogP contribution in [0.2, 0.25) is 0 Å². The fourth-order valence-corrected chi connectivity index (χ4v) is 3.85. The van der Waals surface area contributed by atoms with Gasteiger partial charge in [-0.05, 0) is 50.3 Å². The van der Waals surface area contributed by atoms with Gasteiger partial charge in [0.05, 0.1) is 5.75 Å². The number of carbonyl (C=O) groups excluding carboxylic acids is 1. The molecule has 0 saturated carbocycles. The van der Waals surface area contributed by atoms with Crippen LogP contribution in [0.5, 0.6) is 0 Å². The van der Waals surface area contributed by atoms with Gasteiger partial charge in [-0.15, -0.1) is 5.10 Å². The number of benzene rings is 1. The number of anilines is 1. The molecule has 1 amide bonds. The molecule has 148 valence electrons. The van der Waals surface area contributed by atoms with Crippen LogP contribution in [0.4, 0.5) is 5.69 Å². The normalized spacial score (nSPS) is 11.1. The molecule has 0 fully saturated rings. The van der Waals surface area contributed by atoms with Crippen LogP contribution in [0.25, 0.3) is 5.78 Å². The second-order valence-corrected chi connectivity index (χ2v) is 7.76. The Labute approximate surface area is 170 Å². The zero-order valence-electron chi connectivity index (χ0n) is 17.0. The Morgan fingerprint density at radius 3 is 2.71 bits per heavy atom. The van der Waals surface area contributed by atoms with Gasteiger partial charge in [0.15, 0.2) is 0 Å². The average Bonchev–Trinajstić information content (AvgIpc) is 3.10. The number of thioether (sulfide) groups is 1. The van der Waals surface area contributed by atoms with E-state index >= 15 is 0 Å². The molecule has 0 atom stereocenters. The molecule has 0 aliphatic heterocycles. The minimum atomic E-state index is -0.0609. The first-order chi connectivity index (χ1) is 13.5. The van der Waals surface area contributed by atoms with Crippen LogP contribution >= 0.6 is 11.8 Å². The lowest BCUT2D eigenvalue weighted by molar-refractivity contribution is -0.113. The largest absolute Gasteiger partial charge is 0.325 e. The van der Waals surface area contributed by atoms with Crippen molar-refractivity contribution >= 4 is 29.1 Å². The van der Waals surface area contributed by atoms with Gasteiger partial charge in [0.1, 0.15) is 0 Å². The summed E-state index contributed by atoms with van der Waals surface area (Å²) in [6, 6.07) is 7.87. The van der Waals surface area contributed by atoms with E-state index in [0.717, 1.165) is 48.3 Å². The summed E-state index contributed by atoms with van der Waals surface area (Å²) in [7, 11) is 0. The van der Waals surface area contributed by atoms with E-state index in [0.29, 0.717) is 10.9 Å². The molecule has 0 spiro atoms. The molecule has 0 bridgehead atoms. The monoisotopic (exact) mass is 397 g/mol. The number of fused-ring (bicyclic) bond motifs is 1. The summed E-state index contributed by atoms with van der Waals surface area (Å²) < 4.78 is 1.80. The van der Waals surface area contributed by atoms with Crippen LogP contribution in [0, 0.1) is 13.8 Å². The Bertz CT molecular complexity index is 982. The summed E-state index contributed by atoms with van der Waals surface area (Å²) in [6.07, 6.45) is 4.15. The van der Waals surface area contributed by atoms with E-state index in [2.05, 4.69) is 41.2 Å². The fraction of sp³-hybridized carbons (Fsp3) is 0.429. The number of nitrogens with one attached hydrogen (secondary N) is 1. The van der Waals surface area contributed by atoms with Gasteiger partial charge in [-0.1, -0.05) is 50.2 Å². The Balaban J connectivity index is 1.70. The maximum Gasteiger partial charge on any atom is 0.253 e. The van der Waals surface area contributed by atoms with Crippen molar-refractivity contribution in [1.29, 1.82) is 0 Å².